The van der Waals surface area contributed by atoms with E-state index in [-0.39, 0.29) is 50.1 Å². The molecular formula is C19H20N8O6. The van der Waals surface area contributed by atoms with Gasteiger partial charge in [0.2, 0.25) is 5.91 Å². The number of nitrogens with one attached hydrogen (secondary N) is 1. The molecule has 14 heteroatoms. The van der Waals surface area contributed by atoms with Gasteiger partial charge in [-0.25, -0.2) is 9.67 Å². The summed E-state index contributed by atoms with van der Waals surface area (Å²) in [6, 6.07) is 6.62. The highest BCUT2D eigenvalue weighted by Gasteiger charge is 2.50. The third-order valence-corrected chi connectivity index (χ3v) is 5.45. The molecule has 14 nitrogen and oxygen atoms in total. The third-order valence-electron chi connectivity index (χ3n) is 5.45. The van der Waals surface area contributed by atoms with E-state index in [1.54, 1.807) is 23.1 Å². The van der Waals surface area contributed by atoms with E-state index < -0.39 is 18.2 Å². The Labute approximate surface area is 186 Å². The number of amides is 1. The van der Waals surface area contributed by atoms with E-state index in [1.165, 1.54) is 11.0 Å². The van der Waals surface area contributed by atoms with E-state index in [9.17, 15) is 9.59 Å². The molecule has 2 saturated heterocycles. The van der Waals surface area contributed by atoms with Gasteiger partial charge in [0.15, 0.2) is 0 Å². The number of hydrogen-bond acceptors (Lipinski definition) is 10. The summed E-state index contributed by atoms with van der Waals surface area (Å²) in [5.74, 6) is -0.858. The predicted octanol–water partition coefficient (Wildman–Crippen LogP) is -0.266. The van der Waals surface area contributed by atoms with Crippen molar-refractivity contribution in [3.05, 3.63) is 36.9 Å². The molecule has 33 heavy (non-hydrogen) atoms. The van der Waals surface area contributed by atoms with Gasteiger partial charge in [-0.3, -0.25) is 9.59 Å². The van der Waals surface area contributed by atoms with Crippen molar-refractivity contribution >= 4 is 11.9 Å². The molecular weight excluding hydrogens is 436 g/mol. The van der Waals surface area contributed by atoms with Crippen LogP contribution in [0.3, 0.4) is 0 Å². The van der Waals surface area contributed by atoms with Crippen LogP contribution in [-0.2, 0) is 19.1 Å². The summed E-state index contributed by atoms with van der Waals surface area (Å²) >= 11 is 0. The van der Waals surface area contributed by atoms with Gasteiger partial charge in [-0.2, -0.15) is 9.78 Å². The van der Waals surface area contributed by atoms with Crippen molar-refractivity contribution in [1.29, 1.82) is 0 Å². The van der Waals surface area contributed by atoms with Crippen LogP contribution < -0.4 is 10.1 Å². The number of benzene rings is 1. The van der Waals surface area contributed by atoms with Gasteiger partial charge < -0.3 is 24.6 Å². The maximum atomic E-state index is 12.0. The Morgan fingerprint density at radius 3 is 2.73 bits per heavy atom. The molecule has 2 aromatic heterocycles. The normalized spacial score (nSPS) is 23.9. The molecule has 2 fully saturated rings. The highest BCUT2D eigenvalue weighted by molar-refractivity contribution is 5.80. The van der Waals surface area contributed by atoms with Crippen molar-refractivity contribution < 1.29 is 28.9 Å². The van der Waals surface area contributed by atoms with Gasteiger partial charge >= 0.3 is 12.0 Å². The van der Waals surface area contributed by atoms with Crippen molar-refractivity contribution in [2.24, 2.45) is 0 Å². The fourth-order valence-corrected chi connectivity index (χ4v) is 3.89. The Balaban J connectivity index is 1.23. The second-order valence-corrected chi connectivity index (χ2v) is 7.57. The number of carboxylic acids is 1. The summed E-state index contributed by atoms with van der Waals surface area (Å²) in [5, 5.41) is 27.3. The number of rotatable bonds is 8. The van der Waals surface area contributed by atoms with Crippen LogP contribution in [0.1, 0.15) is 18.9 Å². The van der Waals surface area contributed by atoms with E-state index in [4.69, 9.17) is 19.3 Å². The minimum atomic E-state index is -1.03. The van der Waals surface area contributed by atoms with Crippen LogP contribution in [0.2, 0.25) is 0 Å². The second-order valence-electron chi connectivity index (χ2n) is 7.57. The number of carboxylic acid groups (broad SMARTS) is 1. The van der Waals surface area contributed by atoms with Crippen LogP contribution in [0.15, 0.2) is 36.9 Å². The summed E-state index contributed by atoms with van der Waals surface area (Å²) < 4.78 is 20.7. The van der Waals surface area contributed by atoms with Crippen LogP contribution in [0, 0.1) is 0 Å². The first-order valence-electron chi connectivity index (χ1n) is 10.2. The van der Waals surface area contributed by atoms with Gasteiger partial charge in [-0.15, -0.1) is 0 Å². The predicted molar refractivity (Wildman–Crippen MR) is 107 cm³/mol. The number of aromatic nitrogens is 7. The largest absolute Gasteiger partial charge is 0.481 e. The van der Waals surface area contributed by atoms with Crippen molar-refractivity contribution in [1.82, 2.24) is 40.3 Å². The standard InChI is InChI=1S/C19H20N8O6/c28-15(5-6-16(29)30)22-13-7-31-18-14(8-32-17(13)18)27-19(23-24-25-27)33-12-3-1-11(2-4-12)26-10-20-9-21-26/h1-4,9-10,13-14,17-18H,5-8H2,(H,22,28)(H,29,30)/t13-,14+,17-,18+/m0/s1. The van der Waals surface area contributed by atoms with Crippen LogP contribution in [0.5, 0.6) is 11.8 Å². The lowest BCUT2D eigenvalue weighted by Crippen LogP contribution is -2.44. The number of carbonyl (C=O) groups excluding carboxylic acids is 1. The van der Waals surface area contributed by atoms with Crippen LogP contribution in [0.25, 0.3) is 5.69 Å². The van der Waals surface area contributed by atoms with E-state index in [2.05, 4.69) is 30.9 Å². The number of tetrazole rings is 1. The summed E-state index contributed by atoms with van der Waals surface area (Å²) in [4.78, 5) is 26.6. The van der Waals surface area contributed by atoms with Gasteiger partial charge in [-0.1, -0.05) is 5.10 Å². The third kappa shape index (κ3) is 4.38. The topological polar surface area (TPSA) is 168 Å². The SMILES string of the molecule is O=C(O)CCC(=O)N[C@H]1CO[C@H]2[C@H]1OC[C@H]2n1nnnc1Oc1ccc(-n2cncn2)cc1. The van der Waals surface area contributed by atoms with Crippen molar-refractivity contribution in [2.45, 2.75) is 37.1 Å². The molecule has 0 radical (unpaired) electrons. The number of ether oxygens (including phenoxy) is 3. The molecule has 0 spiro atoms. The monoisotopic (exact) mass is 456 g/mol. The Hall–Kier alpha value is -3.91. The molecule has 4 heterocycles. The lowest BCUT2D eigenvalue weighted by molar-refractivity contribution is -0.139. The van der Waals surface area contributed by atoms with Gasteiger partial charge in [0.25, 0.3) is 0 Å². The molecule has 1 aromatic carbocycles. The molecule has 2 N–H and O–H groups in total. The minimum Gasteiger partial charge on any atom is -0.481 e. The summed E-state index contributed by atoms with van der Waals surface area (Å²) in [7, 11) is 0. The molecule has 3 aromatic rings. The van der Waals surface area contributed by atoms with Crippen LogP contribution >= 0.6 is 0 Å². The average Bonchev–Trinajstić information content (AvgIpc) is 3.59. The zero-order valence-corrected chi connectivity index (χ0v) is 17.2. The molecule has 0 saturated carbocycles. The highest BCUT2D eigenvalue weighted by atomic mass is 16.6. The Morgan fingerprint density at radius 2 is 1.97 bits per heavy atom. The molecule has 1 amide bonds. The van der Waals surface area contributed by atoms with Crippen LogP contribution in [0.4, 0.5) is 0 Å². The molecule has 2 aliphatic heterocycles. The first-order chi connectivity index (χ1) is 16.1. The number of nitrogens with zero attached hydrogens (tertiary/aromatic N) is 7. The number of aliphatic carboxylic acids is 1. The van der Waals surface area contributed by atoms with Crippen molar-refractivity contribution in [3.8, 4) is 17.4 Å². The fourth-order valence-electron chi connectivity index (χ4n) is 3.89. The lowest BCUT2D eigenvalue weighted by atomic mass is 10.1. The Bertz CT molecular complexity index is 1120. The smallest absolute Gasteiger partial charge is 0.341 e. The maximum Gasteiger partial charge on any atom is 0.341 e. The number of hydrogen-bond donors (Lipinski definition) is 2. The molecule has 2 aliphatic rings. The second kappa shape index (κ2) is 8.91. The molecule has 5 rings (SSSR count). The molecule has 0 aliphatic carbocycles. The first-order valence-corrected chi connectivity index (χ1v) is 10.2. The number of carbonyl (C=O) groups is 2. The van der Waals surface area contributed by atoms with E-state index in [0.29, 0.717) is 5.75 Å². The summed E-state index contributed by atoms with van der Waals surface area (Å²) in [6.07, 6.45) is 1.91. The molecule has 0 unspecified atom stereocenters. The molecule has 0 bridgehead atoms. The molecule has 4 atom stereocenters. The molecule has 172 valence electrons. The Morgan fingerprint density at radius 1 is 1.15 bits per heavy atom. The fraction of sp³-hybridized carbons (Fsp3) is 0.421. The zero-order valence-electron chi connectivity index (χ0n) is 17.2. The maximum absolute atomic E-state index is 12.0. The van der Waals surface area contributed by atoms with E-state index in [0.717, 1.165) is 5.69 Å². The zero-order chi connectivity index (χ0) is 22.8. The van der Waals surface area contributed by atoms with E-state index in [1.807, 2.05) is 12.1 Å². The van der Waals surface area contributed by atoms with Crippen molar-refractivity contribution in [3.63, 3.8) is 0 Å². The Kier molecular flexibility index (Phi) is 5.66. The summed E-state index contributed by atoms with van der Waals surface area (Å²) in [5.41, 5.74) is 0.822. The van der Waals surface area contributed by atoms with Crippen LogP contribution in [-0.4, -0.2) is 83.4 Å². The number of fused-ring (bicyclic) bond motifs is 1. The lowest BCUT2D eigenvalue weighted by Gasteiger charge is -2.18. The van der Waals surface area contributed by atoms with Gasteiger partial charge in [0.05, 0.1) is 31.4 Å². The van der Waals surface area contributed by atoms with Crippen molar-refractivity contribution in [2.75, 3.05) is 13.2 Å². The van der Waals surface area contributed by atoms with Gasteiger partial charge in [0, 0.05) is 6.42 Å². The highest BCUT2D eigenvalue weighted by Crippen LogP contribution is 2.36. The van der Waals surface area contributed by atoms with Gasteiger partial charge in [-0.05, 0) is 34.7 Å². The average molecular weight is 456 g/mol. The van der Waals surface area contributed by atoms with E-state index >= 15 is 0 Å². The summed E-state index contributed by atoms with van der Waals surface area (Å²) in [6.45, 7) is 0.510. The first kappa shape index (κ1) is 21.0. The van der Waals surface area contributed by atoms with Gasteiger partial charge in [0.1, 0.15) is 36.7 Å². The quantitative estimate of drug-likeness (QED) is 0.458. The minimum absolute atomic E-state index is 0.104.